The Morgan fingerprint density at radius 2 is 1.95 bits per heavy atom. The van der Waals surface area contributed by atoms with Gasteiger partial charge in [0.2, 0.25) is 11.9 Å². The van der Waals surface area contributed by atoms with E-state index in [0.29, 0.717) is 18.4 Å². The van der Waals surface area contributed by atoms with Crippen molar-refractivity contribution < 1.29 is 0 Å². The van der Waals surface area contributed by atoms with Crippen molar-refractivity contribution in [3.05, 3.63) is 60.4 Å². The molecular weight excluding hydrogens is 252 g/mol. The molecule has 0 aliphatic heterocycles. The summed E-state index contributed by atoms with van der Waals surface area (Å²) in [6.45, 7) is 0.592. The highest BCUT2D eigenvalue weighted by Crippen LogP contribution is 2.13. The maximum atomic E-state index is 5.88. The van der Waals surface area contributed by atoms with Crippen molar-refractivity contribution in [2.24, 2.45) is 0 Å². The van der Waals surface area contributed by atoms with E-state index >= 15 is 0 Å². The first-order valence-corrected chi connectivity index (χ1v) is 6.22. The van der Waals surface area contributed by atoms with Gasteiger partial charge in [-0.15, -0.1) is 5.10 Å². The van der Waals surface area contributed by atoms with Gasteiger partial charge >= 0.3 is 0 Å². The maximum Gasteiger partial charge on any atom is 0.248 e. The molecule has 3 rings (SSSR count). The average Bonchev–Trinajstić information content (AvgIpc) is 2.81. The van der Waals surface area contributed by atoms with Crippen LogP contribution in [-0.4, -0.2) is 19.7 Å². The largest absolute Gasteiger partial charge is 0.368 e. The fourth-order valence-electron chi connectivity index (χ4n) is 1.85. The second kappa shape index (κ2) is 5.40. The summed E-state index contributed by atoms with van der Waals surface area (Å²) in [5.74, 6) is 0.840. The molecule has 20 heavy (non-hydrogen) atoms. The van der Waals surface area contributed by atoms with E-state index in [9.17, 15) is 0 Å². The molecule has 100 valence electrons. The van der Waals surface area contributed by atoms with Gasteiger partial charge in [-0.25, -0.2) is 4.68 Å². The molecule has 6 heteroatoms. The van der Waals surface area contributed by atoms with E-state index in [-0.39, 0.29) is 0 Å². The van der Waals surface area contributed by atoms with Crippen LogP contribution in [0.15, 0.2) is 54.9 Å². The summed E-state index contributed by atoms with van der Waals surface area (Å²) in [6.07, 6.45) is 3.41. The zero-order valence-electron chi connectivity index (χ0n) is 10.8. The van der Waals surface area contributed by atoms with Crippen molar-refractivity contribution in [3.8, 4) is 0 Å². The number of aromatic nitrogens is 4. The van der Waals surface area contributed by atoms with Gasteiger partial charge in [0.15, 0.2) is 0 Å². The van der Waals surface area contributed by atoms with Crippen LogP contribution in [-0.2, 0) is 6.54 Å². The summed E-state index contributed by atoms with van der Waals surface area (Å²) < 4.78 is 1.66. The third-order valence-corrected chi connectivity index (χ3v) is 2.79. The monoisotopic (exact) mass is 266 g/mol. The Kier molecular flexibility index (Phi) is 3.28. The van der Waals surface area contributed by atoms with E-state index in [1.165, 1.54) is 0 Å². The number of anilines is 3. The molecule has 0 amide bonds. The Morgan fingerprint density at radius 3 is 2.70 bits per heavy atom. The standard InChI is InChI=1S/C14H14N6/c15-13-18-14(17-12-7-4-8-16-9-12)19-20(13)10-11-5-2-1-3-6-11/h1-9H,10H2,(H3,15,17,18,19). The number of pyridine rings is 1. The molecule has 3 aromatic rings. The number of nitrogens with zero attached hydrogens (tertiary/aromatic N) is 4. The Labute approximate surface area is 116 Å². The Bertz CT molecular complexity index is 677. The summed E-state index contributed by atoms with van der Waals surface area (Å²) in [4.78, 5) is 8.21. The fourth-order valence-corrected chi connectivity index (χ4v) is 1.85. The lowest BCUT2D eigenvalue weighted by atomic mass is 10.2. The quantitative estimate of drug-likeness (QED) is 0.755. The number of hydrogen-bond donors (Lipinski definition) is 2. The molecule has 0 spiro atoms. The fraction of sp³-hybridized carbons (Fsp3) is 0.0714. The minimum absolute atomic E-state index is 0.375. The molecule has 0 bridgehead atoms. The minimum Gasteiger partial charge on any atom is -0.368 e. The number of nitrogens with one attached hydrogen (secondary N) is 1. The molecule has 3 N–H and O–H groups in total. The van der Waals surface area contributed by atoms with Crippen LogP contribution in [0.4, 0.5) is 17.6 Å². The van der Waals surface area contributed by atoms with Gasteiger partial charge in [-0.05, 0) is 17.7 Å². The van der Waals surface area contributed by atoms with Crippen LogP contribution in [0.1, 0.15) is 5.56 Å². The van der Waals surface area contributed by atoms with Crippen molar-refractivity contribution >= 4 is 17.6 Å². The lowest BCUT2D eigenvalue weighted by Gasteiger charge is -2.02. The summed E-state index contributed by atoms with van der Waals surface area (Å²) >= 11 is 0. The van der Waals surface area contributed by atoms with Gasteiger partial charge < -0.3 is 11.1 Å². The maximum absolute atomic E-state index is 5.88. The first kappa shape index (κ1) is 12.2. The van der Waals surface area contributed by atoms with Gasteiger partial charge in [0.05, 0.1) is 18.4 Å². The average molecular weight is 266 g/mol. The van der Waals surface area contributed by atoms with Crippen LogP contribution >= 0.6 is 0 Å². The van der Waals surface area contributed by atoms with E-state index in [0.717, 1.165) is 11.3 Å². The normalized spacial score (nSPS) is 10.4. The predicted octanol–water partition coefficient (Wildman–Crippen LogP) is 2.05. The van der Waals surface area contributed by atoms with Gasteiger partial charge in [-0.3, -0.25) is 4.98 Å². The Hall–Kier alpha value is -2.89. The summed E-state index contributed by atoms with van der Waals surface area (Å²) in [7, 11) is 0. The molecule has 2 aromatic heterocycles. The first-order chi connectivity index (χ1) is 9.81. The van der Waals surface area contributed by atoms with Gasteiger partial charge in [0.25, 0.3) is 0 Å². The Morgan fingerprint density at radius 1 is 1.10 bits per heavy atom. The van der Waals surface area contributed by atoms with Gasteiger partial charge in [-0.2, -0.15) is 4.98 Å². The zero-order valence-corrected chi connectivity index (χ0v) is 10.8. The highest BCUT2D eigenvalue weighted by molar-refractivity contribution is 5.52. The third-order valence-electron chi connectivity index (χ3n) is 2.79. The molecule has 0 fully saturated rings. The second-order valence-electron chi connectivity index (χ2n) is 4.30. The third kappa shape index (κ3) is 2.74. The van der Waals surface area contributed by atoms with Crippen molar-refractivity contribution in [2.45, 2.75) is 6.54 Å². The SMILES string of the molecule is Nc1nc(Nc2cccnc2)nn1Cc1ccccc1. The van der Waals surface area contributed by atoms with Crippen LogP contribution < -0.4 is 11.1 Å². The number of benzene rings is 1. The minimum atomic E-state index is 0.375. The molecule has 0 saturated heterocycles. The van der Waals surface area contributed by atoms with Crippen LogP contribution in [0.3, 0.4) is 0 Å². The molecular formula is C14H14N6. The van der Waals surface area contributed by atoms with E-state index in [2.05, 4.69) is 20.4 Å². The highest BCUT2D eigenvalue weighted by atomic mass is 15.4. The molecule has 0 radical (unpaired) electrons. The summed E-state index contributed by atoms with van der Waals surface area (Å²) in [6, 6.07) is 13.7. The predicted molar refractivity (Wildman–Crippen MR) is 77.5 cm³/mol. The van der Waals surface area contributed by atoms with E-state index in [4.69, 9.17) is 5.73 Å². The number of hydrogen-bond acceptors (Lipinski definition) is 5. The number of nitrogens with two attached hydrogens (primary N) is 1. The van der Waals surface area contributed by atoms with Crippen molar-refractivity contribution in [2.75, 3.05) is 11.1 Å². The van der Waals surface area contributed by atoms with Crippen LogP contribution in [0.5, 0.6) is 0 Å². The Balaban J connectivity index is 1.77. The van der Waals surface area contributed by atoms with Gasteiger partial charge in [-0.1, -0.05) is 30.3 Å². The molecule has 6 nitrogen and oxygen atoms in total. The number of nitrogen functional groups attached to an aromatic ring is 1. The van der Waals surface area contributed by atoms with Gasteiger partial charge in [0.1, 0.15) is 0 Å². The van der Waals surface area contributed by atoms with Crippen LogP contribution in [0, 0.1) is 0 Å². The molecule has 0 aliphatic rings. The smallest absolute Gasteiger partial charge is 0.248 e. The number of rotatable bonds is 4. The van der Waals surface area contributed by atoms with Gasteiger partial charge in [0, 0.05) is 6.20 Å². The van der Waals surface area contributed by atoms with Crippen LogP contribution in [0.25, 0.3) is 0 Å². The lowest BCUT2D eigenvalue weighted by Crippen LogP contribution is -2.06. The summed E-state index contributed by atoms with van der Waals surface area (Å²) in [5, 5.41) is 7.41. The molecule has 0 aliphatic carbocycles. The van der Waals surface area contributed by atoms with E-state index in [1.54, 1.807) is 17.1 Å². The lowest BCUT2D eigenvalue weighted by molar-refractivity contribution is 0.698. The highest BCUT2D eigenvalue weighted by Gasteiger charge is 2.07. The molecule has 0 atom stereocenters. The van der Waals surface area contributed by atoms with Crippen molar-refractivity contribution in [1.29, 1.82) is 0 Å². The van der Waals surface area contributed by atoms with Crippen molar-refractivity contribution in [1.82, 2.24) is 19.7 Å². The molecule has 2 heterocycles. The second-order valence-corrected chi connectivity index (χ2v) is 4.30. The zero-order chi connectivity index (χ0) is 13.8. The van der Waals surface area contributed by atoms with E-state index < -0.39 is 0 Å². The topological polar surface area (TPSA) is 81.7 Å². The summed E-state index contributed by atoms with van der Waals surface area (Å²) in [5.41, 5.74) is 7.82. The molecule has 0 saturated carbocycles. The molecule has 1 aromatic carbocycles. The van der Waals surface area contributed by atoms with E-state index in [1.807, 2.05) is 42.5 Å². The van der Waals surface area contributed by atoms with Crippen LogP contribution in [0.2, 0.25) is 0 Å². The first-order valence-electron chi connectivity index (χ1n) is 6.22. The molecule has 0 unspecified atom stereocenters. The van der Waals surface area contributed by atoms with Crippen molar-refractivity contribution in [3.63, 3.8) is 0 Å².